The van der Waals surface area contributed by atoms with Crippen molar-refractivity contribution in [2.75, 3.05) is 13.2 Å². The van der Waals surface area contributed by atoms with E-state index >= 15 is 0 Å². The minimum Gasteiger partial charge on any atom is -0.870 e. The van der Waals surface area contributed by atoms with Crippen molar-refractivity contribution in [3.8, 4) is 5.75 Å². The fourth-order valence-electron chi connectivity index (χ4n) is 4.27. The Morgan fingerprint density at radius 3 is 2.32 bits per heavy atom. The van der Waals surface area contributed by atoms with Crippen molar-refractivity contribution in [1.82, 2.24) is 4.57 Å². The zero-order chi connectivity index (χ0) is 24.6. The summed E-state index contributed by atoms with van der Waals surface area (Å²) in [7, 11) is 0. The molecule has 0 aliphatic carbocycles. The molecule has 1 radical (unpaired) electrons. The van der Waals surface area contributed by atoms with E-state index in [1.807, 2.05) is 6.92 Å². The number of carbonyl (C=O) groups is 2. The number of fused-ring (bicyclic) bond motifs is 2. The highest BCUT2D eigenvalue weighted by Gasteiger charge is 2.27. The monoisotopic (exact) mass is 461 g/mol. The van der Waals surface area contributed by atoms with Crippen LogP contribution in [0.25, 0.3) is 32.6 Å². The van der Waals surface area contributed by atoms with Crippen LogP contribution in [0.4, 0.5) is 0 Å². The third-order valence-electron chi connectivity index (χ3n) is 5.65. The van der Waals surface area contributed by atoms with Crippen LogP contribution in [0.15, 0.2) is 39.9 Å². The Morgan fingerprint density at radius 1 is 0.941 bits per heavy atom. The van der Waals surface area contributed by atoms with Gasteiger partial charge < -0.3 is 19.1 Å². The molecule has 34 heavy (non-hydrogen) atoms. The zero-order valence-electron chi connectivity index (χ0n) is 19.1. The lowest BCUT2D eigenvalue weighted by Crippen LogP contribution is -2.19. The number of carbonyl (C=O) groups excluding carboxylic acids is 2. The summed E-state index contributed by atoms with van der Waals surface area (Å²) in [6, 6.07) is 6.74. The van der Waals surface area contributed by atoms with Crippen molar-refractivity contribution in [2.24, 2.45) is 0 Å². The number of rotatable bonds is 7. The predicted octanol–water partition coefficient (Wildman–Crippen LogP) is 3.34. The number of unbranched alkanes of at least 4 members (excludes halogenated alkanes) is 1. The number of hydrogen-bond acceptors (Lipinski definition) is 7. The van der Waals surface area contributed by atoms with E-state index in [1.54, 1.807) is 31.0 Å². The van der Waals surface area contributed by atoms with E-state index in [0.717, 1.165) is 18.6 Å². The Bertz CT molecular complexity index is 1550. The summed E-state index contributed by atoms with van der Waals surface area (Å²) in [6.07, 6.45) is 1.38. The van der Waals surface area contributed by atoms with Crippen LogP contribution < -0.4 is 16.0 Å². The van der Waals surface area contributed by atoms with E-state index in [2.05, 4.69) is 0 Å². The maximum atomic E-state index is 13.2. The van der Waals surface area contributed by atoms with Crippen LogP contribution in [0, 0.1) is 6.54 Å². The molecular weight excluding hydrogens is 438 g/mol. The SMILES string of the molecule is CCC[CH]n1c2cc(=O)c([O-])cc2c2c(C(=O)OCC)c(C(=O)OCC)cc3ccc(=O)c1c32. The molecule has 0 saturated carbocycles. The molecule has 1 heterocycles. The van der Waals surface area contributed by atoms with Crippen molar-refractivity contribution in [3.63, 3.8) is 0 Å². The topological polar surface area (TPSA) is 115 Å². The molecule has 0 saturated heterocycles. The largest absolute Gasteiger partial charge is 0.870 e. The summed E-state index contributed by atoms with van der Waals surface area (Å²) in [5, 5.41) is 13.8. The zero-order valence-corrected chi connectivity index (χ0v) is 19.1. The average Bonchev–Trinajstić information content (AvgIpc) is 2.81. The Labute approximate surface area is 194 Å². The summed E-state index contributed by atoms with van der Waals surface area (Å²) in [5.74, 6) is -2.29. The normalized spacial score (nSPS) is 11.4. The second kappa shape index (κ2) is 9.13. The number of ether oxygens (including phenoxy) is 2. The first kappa shape index (κ1) is 23.2. The van der Waals surface area contributed by atoms with E-state index in [4.69, 9.17) is 9.47 Å². The van der Waals surface area contributed by atoms with Gasteiger partial charge in [-0.25, -0.2) is 9.59 Å². The van der Waals surface area contributed by atoms with E-state index in [0.29, 0.717) is 22.7 Å². The van der Waals surface area contributed by atoms with Gasteiger partial charge in [0.2, 0.25) is 5.43 Å². The highest BCUT2D eigenvalue weighted by Crippen LogP contribution is 2.38. The molecule has 0 bridgehead atoms. The van der Waals surface area contributed by atoms with Gasteiger partial charge in [0.05, 0.1) is 41.9 Å². The smallest absolute Gasteiger partial charge is 0.339 e. The van der Waals surface area contributed by atoms with Gasteiger partial charge in [0, 0.05) is 22.2 Å². The standard InChI is InChI=1S/C26H24NO7/c1-4-7-10-27-17-13-20(30)19(29)12-15(17)22-21-14(8-9-18(28)24(21)27)11-16(25(31)33-5-2)23(22)26(32)34-6-3/h8-13,29H,4-7H2,1-3H3/p-1. The number of esters is 2. The van der Waals surface area contributed by atoms with Crippen LogP contribution in [-0.2, 0) is 9.47 Å². The minimum atomic E-state index is -0.791. The Balaban J connectivity index is 2.35. The van der Waals surface area contributed by atoms with Gasteiger partial charge in [-0.2, -0.15) is 0 Å². The third kappa shape index (κ3) is 3.65. The summed E-state index contributed by atoms with van der Waals surface area (Å²) in [5.41, 5.74) is -0.675. The highest BCUT2D eigenvalue weighted by atomic mass is 16.5. The first-order valence-corrected chi connectivity index (χ1v) is 11.1. The van der Waals surface area contributed by atoms with E-state index in [9.17, 15) is 24.3 Å². The predicted molar refractivity (Wildman–Crippen MR) is 127 cm³/mol. The van der Waals surface area contributed by atoms with Crippen LogP contribution in [-0.4, -0.2) is 29.7 Å². The third-order valence-corrected chi connectivity index (χ3v) is 5.65. The quantitative estimate of drug-likeness (QED) is 0.235. The second-order valence-corrected chi connectivity index (χ2v) is 7.78. The van der Waals surface area contributed by atoms with Crippen LogP contribution in [0.1, 0.15) is 54.3 Å². The molecule has 0 N–H and O–H groups in total. The summed E-state index contributed by atoms with van der Waals surface area (Å²) in [4.78, 5) is 51.5. The first-order chi connectivity index (χ1) is 16.3. The van der Waals surface area contributed by atoms with Crippen molar-refractivity contribution in [2.45, 2.75) is 33.6 Å². The average molecular weight is 461 g/mol. The first-order valence-electron chi connectivity index (χ1n) is 11.1. The molecule has 0 fully saturated rings. The van der Waals surface area contributed by atoms with Gasteiger partial charge in [-0.15, -0.1) is 0 Å². The number of pyridine rings is 1. The molecule has 3 aromatic carbocycles. The summed E-state index contributed by atoms with van der Waals surface area (Å²) < 4.78 is 12.1. The number of aromatic nitrogens is 1. The van der Waals surface area contributed by atoms with Gasteiger partial charge in [-0.1, -0.05) is 31.2 Å². The van der Waals surface area contributed by atoms with Crippen molar-refractivity contribution >= 4 is 44.5 Å². The lowest BCUT2D eigenvalue weighted by atomic mass is 9.91. The minimum absolute atomic E-state index is 0.0389. The van der Waals surface area contributed by atoms with Crippen LogP contribution >= 0.6 is 0 Å². The van der Waals surface area contributed by atoms with Crippen molar-refractivity contribution in [3.05, 3.63) is 68.5 Å². The highest BCUT2D eigenvalue weighted by molar-refractivity contribution is 6.28. The lowest BCUT2D eigenvalue weighted by molar-refractivity contribution is -0.269. The van der Waals surface area contributed by atoms with E-state index in [1.165, 1.54) is 12.1 Å². The molecule has 0 unspecified atom stereocenters. The molecule has 8 heteroatoms. The van der Waals surface area contributed by atoms with Crippen molar-refractivity contribution < 1.29 is 24.2 Å². The maximum Gasteiger partial charge on any atom is 0.339 e. The number of hydrogen-bond donors (Lipinski definition) is 0. The van der Waals surface area contributed by atoms with Gasteiger partial charge in [0.1, 0.15) is 0 Å². The fraction of sp³-hybridized carbons (Fsp3) is 0.269. The molecule has 0 atom stereocenters. The van der Waals surface area contributed by atoms with Gasteiger partial charge in [-0.05, 0) is 37.8 Å². The molecule has 0 aliphatic heterocycles. The van der Waals surface area contributed by atoms with Gasteiger partial charge in [-0.3, -0.25) is 9.59 Å². The second-order valence-electron chi connectivity index (χ2n) is 7.78. The van der Waals surface area contributed by atoms with Gasteiger partial charge >= 0.3 is 11.9 Å². The molecule has 4 rings (SSSR count). The van der Waals surface area contributed by atoms with Crippen molar-refractivity contribution in [1.29, 1.82) is 0 Å². The lowest BCUT2D eigenvalue weighted by Gasteiger charge is -2.21. The van der Waals surface area contributed by atoms with Crippen LogP contribution in [0.2, 0.25) is 0 Å². The van der Waals surface area contributed by atoms with E-state index < -0.39 is 23.1 Å². The molecule has 0 aliphatic rings. The molecule has 175 valence electrons. The molecule has 0 amide bonds. The van der Waals surface area contributed by atoms with Crippen LogP contribution in [0.3, 0.4) is 0 Å². The Hall–Kier alpha value is -3.94. The molecule has 8 nitrogen and oxygen atoms in total. The van der Waals surface area contributed by atoms with Crippen LogP contribution in [0.5, 0.6) is 5.75 Å². The summed E-state index contributed by atoms with van der Waals surface area (Å²) >= 11 is 0. The van der Waals surface area contributed by atoms with E-state index in [-0.39, 0.29) is 46.1 Å². The molecule has 4 aromatic rings. The fourth-order valence-corrected chi connectivity index (χ4v) is 4.27. The number of nitrogens with zero attached hydrogens (tertiary/aromatic N) is 1. The number of benzene rings is 3. The molecule has 0 spiro atoms. The van der Waals surface area contributed by atoms with Gasteiger partial charge in [0.25, 0.3) is 0 Å². The molecule has 1 aromatic heterocycles. The Morgan fingerprint density at radius 2 is 1.65 bits per heavy atom. The Kier molecular flexibility index (Phi) is 6.24. The maximum absolute atomic E-state index is 13.2. The van der Waals surface area contributed by atoms with Gasteiger partial charge in [0.15, 0.2) is 5.43 Å². The summed E-state index contributed by atoms with van der Waals surface area (Å²) in [6.45, 7) is 7.15. The molecular formula is C26H23NO7-.